The summed E-state index contributed by atoms with van der Waals surface area (Å²) in [5.41, 5.74) is 1.92. The predicted octanol–water partition coefficient (Wildman–Crippen LogP) is 2.75. The molecular weight excluding hydrogens is 321 g/mol. The lowest BCUT2D eigenvalue weighted by Gasteiger charge is -2.35. The average molecular weight is 341 g/mol. The summed E-state index contributed by atoms with van der Waals surface area (Å²) in [5.74, 6) is -0.696. The second kappa shape index (κ2) is 7.34. The van der Waals surface area contributed by atoms with Gasteiger partial charge in [0.15, 0.2) is 0 Å². The van der Waals surface area contributed by atoms with Crippen LogP contribution in [0, 0.1) is 5.82 Å². The van der Waals surface area contributed by atoms with Crippen molar-refractivity contribution in [3.63, 3.8) is 0 Å². The van der Waals surface area contributed by atoms with E-state index < -0.39 is 5.82 Å². The van der Waals surface area contributed by atoms with Crippen LogP contribution in [0.5, 0.6) is 0 Å². The molecule has 0 aromatic heterocycles. The van der Waals surface area contributed by atoms with Gasteiger partial charge in [-0.05, 0) is 36.4 Å². The minimum Gasteiger partial charge on any atom is -0.368 e. The molecule has 1 heterocycles. The quantitative estimate of drug-likeness (QED) is 0.934. The number of halogens is 1. The highest BCUT2D eigenvalue weighted by Crippen LogP contribution is 2.21. The summed E-state index contributed by atoms with van der Waals surface area (Å²) in [5, 5.41) is 2.80. The molecule has 3 rings (SSSR count). The molecule has 1 aliphatic heterocycles. The zero-order valence-corrected chi connectivity index (χ0v) is 14.0. The van der Waals surface area contributed by atoms with Crippen molar-refractivity contribution in [1.29, 1.82) is 0 Å². The largest absolute Gasteiger partial charge is 0.368 e. The topological polar surface area (TPSA) is 52.7 Å². The van der Waals surface area contributed by atoms with Gasteiger partial charge in [-0.2, -0.15) is 0 Å². The Morgan fingerprint density at radius 1 is 1.00 bits per heavy atom. The van der Waals surface area contributed by atoms with Gasteiger partial charge in [-0.25, -0.2) is 4.39 Å². The Morgan fingerprint density at radius 3 is 2.40 bits per heavy atom. The minimum absolute atomic E-state index is 0.0933. The van der Waals surface area contributed by atoms with Crippen LogP contribution in [-0.4, -0.2) is 42.9 Å². The third-order valence-corrected chi connectivity index (χ3v) is 4.28. The number of carbonyl (C=O) groups is 2. The van der Waals surface area contributed by atoms with E-state index >= 15 is 0 Å². The van der Waals surface area contributed by atoms with E-state index in [1.807, 2.05) is 23.1 Å². The molecule has 2 aromatic rings. The highest BCUT2D eigenvalue weighted by Gasteiger charge is 2.19. The SMILES string of the molecule is CC(=O)N1CCN(c2cccc(NC(=O)c3cccc(F)c3)c2)CC1. The second-order valence-corrected chi connectivity index (χ2v) is 6.01. The number of anilines is 2. The van der Waals surface area contributed by atoms with Crippen LogP contribution in [0.2, 0.25) is 0 Å². The van der Waals surface area contributed by atoms with Crippen molar-refractivity contribution in [1.82, 2.24) is 4.90 Å². The molecule has 6 heteroatoms. The summed E-state index contributed by atoms with van der Waals surface area (Å²) in [6, 6.07) is 13.1. The normalized spacial score (nSPS) is 14.3. The van der Waals surface area contributed by atoms with Crippen LogP contribution in [0.4, 0.5) is 15.8 Å². The molecule has 1 aliphatic rings. The van der Waals surface area contributed by atoms with Crippen LogP contribution in [0.25, 0.3) is 0 Å². The zero-order chi connectivity index (χ0) is 17.8. The van der Waals surface area contributed by atoms with E-state index in [-0.39, 0.29) is 17.4 Å². The van der Waals surface area contributed by atoms with Gasteiger partial charge in [0.05, 0.1) is 0 Å². The Morgan fingerprint density at radius 2 is 1.72 bits per heavy atom. The average Bonchev–Trinajstić information content (AvgIpc) is 2.62. The number of hydrogen-bond acceptors (Lipinski definition) is 3. The molecule has 0 unspecified atom stereocenters. The molecule has 0 aliphatic carbocycles. The molecule has 0 radical (unpaired) electrons. The van der Waals surface area contributed by atoms with E-state index in [1.165, 1.54) is 18.2 Å². The summed E-state index contributed by atoms with van der Waals surface area (Å²) in [6.07, 6.45) is 0. The fourth-order valence-electron chi connectivity index (χ4n) is 2.89. The van der Waals surface area contributed by atoms with E-state index in [4.69, 9.17) is 0 Å². The van der Waals surface area contributed by atoms with E-state index in [0.29, 0.717) is 18.8 Å². The fraction of sp³-hybridized carbons (Fsp3) is 0.263. The highest BCUT2D eigenvalue weighted by molar-refractivity contribution is 6.04. The molecule has 0 bridgehead atoms. The number of amides is 2. The molecule has 0 atom stereocenters. The van der Waals surface area contributed by atoms with Crippen LogP contribution < -0.4 is 10.2 Å². The van der Waals surface area contributed by atoms with Gasteiger partial charge in [0, 0.05) is 50.0 Å². The molecule has 2 amide bonds. The van der Waals surface area contributed by atoms with Crippen molar-refractivity contribution in [3.8, 4) is 0 Å². The zero-order valence-electron chi connectivity index (χ0n) is 14.0. The van der Waals surface area contributed by atoms with Crippen molar-refractivity contribution < 1.29 is 14.0 Å². The molecule has 25 heavy (non-hydrogen) atoms. The van der Waals surface area contributed by atoms with Gasteiger partial charge in [-0.3, -0.25) is 9.59 Å². The van der Waals surface area contributed by atoms with Gasteiger partial charge in [0.1, 0.15) is 5.82 Å². The van der Waals surface area contributed by atoms with Crippen LogP contribution in [0.15, 0.2) is 48.5 Å². The summed E-state index contributed by atoms with van der Waals surface area (Å²) in [6.45, 7) is 4.46. The van der Waals surface area contributed by atoms with Crippen molar-refractivity contribution in [2.75, 3.05) is 36.4 Å². The summed E-state index contributed by atoms with van der Waals surface area (Å²) in [7, 11) is 0. The lowest BCUT2D eigenvalue weighted by Crippen LogP contribution is -2.48. The Balaban J connectivity index is 1.68. The number of nitrogens with zero attached hydrogens (tertiary/aromatic N) is 2. The fourth-order valence-corrected chi connectivity index (χ4v) is 2.89. The third kappa shape index (κ3) is 4.15. The standard InChI is InChI=1S/C19H20FN3O2/c1-14(24)22-8-10-23(11-9-22)18-7-3-6-17(13-18)21-19(25)15-4-2-5-16(20)12-15/h2-7,12-13H,8-11H2,1H3,(H,21,25). The van der Waals surface area contributed by atoms with E-state index in [2.05, 4.69) is 10.2 Å². The van der Waals surface area contributed by atoms with E-state index in [9.17, 15) is 14.0 Å². The Labute approximate surface area is 146 Å². The lowest BCUT2D eigenvalue weighted by atomic mass is 10.2. The molecular formula is C19H20FN3O2. The van der Waals surface area contributed by atoms with E-state index in [1.54, 1.807) is 19.1 Å². The first-order valence-electron chi connectivity index (χ1n) is 8.20. The number of nitrogens with one attached hydrogen (secondary N) is 1. The number of rotatable bonds is 3. The van der Waals surface area contributed by atoms with Crippen molar-refractivity contribution in [2.45, 2.75) is 6.92 Å². The van der Waals surface area contributed by atoms with Crippen LogP contribution >= 0.6 is 0 Å². The van der Waals surface area contributed by atoms with Gasteiger partial charge in [0.2, 0.25) is 5.91 Å². The molecule has 0 saturated carbocycles. The Bertz CT molecular complexity index is 786. The highest BCUT2D eigenvalue weighted by atomic mass is 19.1. The Hall–Kier alpha value is -2.89. The summed E-state index contributed by atoms with van der Waals surface area (Å²) in [4.78, 5) is 27.6. The summed E-state index contributed by atoms with van der Waals surface area (Å²) >= 11 is 0. The molecule has 2 aromatic carbocycles. The maximum Gasteiger partial charge on any atom is 0.255 e. The van der Waals surface area contributed by atoms with Gasteiger partial charge in [-0.1, -0.05) is 12.1 Å². The second-order valence-electron chi connectivity index (χ2n) is 6.01. The van der Waals surface area contributed by atoms with Crippen LogP contribution in [0.1, 0.15) is 17.3 Å². The third-order valence-electron chi connectivity index (χ3n) is 4.28. The van der Waals surface area contributed by atoms with Gasteiger partial charge < -0.3 is 15.1 Å². The van der Waals surface area contributed by atoms with Crippen molar-refractivity contribution >= 4 is 23.2 Å². The van der Waals surface area contributed by atoms with Gasteiger partial charge in [-0.15, -0.1) is 0 Å². The summed E-state index contributed by atoms with van der Waals surface area (Å²) < 4.78 is 13.2. The molecule has 5 nitrogen and oxygen atoms in total. The molecule has 130 valence electrons. The Kier molecular flexibility index (Phi) is 4.97. The smallest absolute Gasteiger partial charge is 0.255 e. The molecule has 0 spiro atoms. The van der Waals surface area contributed by atoms with E-state index in [0.717, 1.165) is 18.8 Å². The van der Waals surface area contributed by atoms with Gasteiger partial charge in [0.25, 0.3) is 5.91 Å². The first-order chi connectivity index (χ1) is 12.0. The number of benzene rings is 2. The minimum atomic E-state index is -0.440. The first kappa shape index (κ1) is 17.0. The molecule has 1 saturated heterocycles. The maximum atomic E-state index is 13.2. The molecule has 1 fully saturated rings. The number of carbonyl (C=O) groups excluding carboxylic acids is 2. The first-order valence-corrected chi connectivity index (χ1v) is 8.20. The van der Waals surface area contributed by atoms with Crippen LogP contribution in [-0.2, 0) is 4.79 Å². The number of piperazine rings is 1. The monoisotopic (exact) mass is 341 g/mol. The van der Waals surface area contributed by atoms with Crippen LogP contribution in [0.3, 0.4) is 0 Å². The van der Waals surface area contributed by atoms with Crippen molar-refractivity contribution in [2.24, 2.45) is 0 Å². The van der Waals surface area contributed by atoms with Gasteiger partial charge >= 0.3 is 0 Å². The van der Waals surface area contributed by atoms with Crippen molar-refractivity contribution in [3.05, 3.63) is 59.9 Å². The predicted molar refractivity (Wildman–Crippen MR) is 95.3 cm³/mol. The lowest BCUT2D eigenvalue weighted by molar-refractivity contribution is -0.129. The maximum absolute atomic E-state index is 13.2. The number of hydrogen-bond donors (Lipinski definition) is 1. The molecule has 1 N–H and O–H groups in total.